The van der Waals surface area contributed by atoms with E-state index in [-0.39, 0.29) is 0 Å². The zero-order chi connectivity index (χ0) is 10.6. The molecule has 82 valence electrons. The molecule has 0 bridgehead atoms. The first-order valence-electron chi connectivity index (χ1n) is 5.68. The predicted octanol–water partition coefficient (Wildman–Crippen LogP) is 5.63. The van der Waals surface area contributed by atoms with Gasteiger partial charge in [-0.1, -0.05) is 59.9 Å². The number of halogens is 1. The van der Waals surface area contributed by atoms with Crippen molar-refractivity contribution in [2.75, 3.05) is 0 Å². The number of hydrogen-bond acceptors (Lipinski definition) is 0. The molecule has 0 rings (SSSR count). The van der Waals surface area contributed by atoms with Crippen molar-refractivity contribution in [2.24, 2.45) is 0 Å². The van der Waals surface area contributed by atoms with Crippen LogP contribution in [0.2, 0.25) is 0 Å². The van der Waals surface area contributed by atoms with Gasteiger partial charge in [-0.2, -0.15) is 0 Å². The minimum absolute atomic E-state index is 1.19. The van der Waals surface area contributed by atoms with Crippen molar-refractivity contribution in [3.63, 3.8) is 0 Å². The topological polar surface area (TPSA) is 0 Å². The molecule has 0 aliphatic rings. The summed E-state index contributed by atoms with van der Waals surface area (Å²) in [6, 6.07) is 0. The van der Waals surface area contributed by atoms with Crippen molar-refractivity contribution in [1.82, 2.24) is 0 Å². The summed E-state index contributed by atoms with van der Waals surface area (Å²) in [7, 11) is 0. The molecule has 0 spiro atoms. The second-order valence-corrected chi connectivity index (χ2v) is 4.53. The molecule has 0 N–H and O–H groups in total. The van der Waals surface area contributed by atoms with Crippen LogP contribution < -0.4 is 0 Å². The Morgan fingerprint density at radius 3 is 2.21 bits per heavy atom. The Hall–Kier alpha value is 0.210. The molecular formula is C13H23I. The third-order valence-electron chi connectivity index (χ3n) is 2.42. The maximum Gasteiger partial charge on any atom is -0.0245 e. The molecular weight excluding hydrogens is 283 g/mol. The van der Waals surface area contributed by atoms with E-state index in [0.29, 0.717) is 0 Å². The standard InChI is InChI=1S/C13H23I/c1-3-4-5-6-7-8-9-10-11-13(2)12-14/h3,12H,1,4-11H2,2H3/b13-12+. The van der Waals surface area contributed by atoms with Crippen LogP contribution in [0.4, 0.5) is 0 Å². The van der Waals surface area contributed by atoms with Crippen molar-refractivity contribution in [3.8, 4) is 0 Å². The summed E-state index contributed by atoms with van der Waals surface area (Å²) in [6.45, 7) is 5.95. The van der Waals surface area contributed by atoms with Gasteiger partial charge in [-0.25, -0.2) is 0 Å². The lowest BCUT2D eigenvalue weighted by molar-refractivity contribution is 0.596. The predicted molar refractivity (Wildman–Crippen MR) is 74.9 cm³/mol. The molecule has 1 heteroatoms. The Bertz CT molecular complexity index is 159. The van der Waals surface area contributed by atoms with E-state index in [2.05, 4.69) is 40.2 Å². The van der Waals surface area contributed by atoms with E-state index in [1.807, 2.05) is 6.08 Å². The third kappa shape index (κ3) is 10.3. The van der Waals surface area contributed by atoms with Gasteiger partial charge in [-0.3, -0.25) is 0 Å². The maximum absolute atomic E-state index is 3.73. The van der Waals surface area contributed by atoms with Crippen LogP contribution in [0.1, 0.15) is 58.3 Å². The molecule has 0 heterocycles. The molecule has 0 saturated carbocycles. The number of unbranched alkanes of at least 4 members (excludes halogenated alkanes) is 6. The van der Waals surface area contributed by atoms with Crippen molar-refractivity contribution in [2.45, 2.75) is 58.3 Å². The monoisotopic (exact) mass is 306 g/mol. The molecule has 14 heavy (non-hydrogen) atoms. The molecule has 0 aliphatic carbocycles. The van der Waals surface area contributed by atoms with E-state index in [1.165, 1.54) is 56.9 Å². The van der Waals surface area contributed by atoms with Gasteiger partial charge in [-0.15, -0.1) is 6.58 Å². The zero-order valence-electron chi connectivity index (χ0n) is 9.40. The van der Waals surface area contributed by atoms with Gasteiger partial charge in [0.1, 0.15) is 0 Å². The summed E-state index contributed by atoms with van der Waals surface area (Å²) in [4.78, 5) is 0. The summed E-state index contributed by atoms with van der Waals surface area (Å²) in [5.74, 6) is 0. The molecule has 0 amide bonds. The highest BCUT2D eigenvalue weighted by molar-refractivity contribution is 14.1. The highest BCUT2D eigenvalue weighted by Gasteiger charge is 1.92. The van der Waals surface area contributed by atoms with Crippen LogP contribution in [-0.2, 0) is 0 Å². The lowest BCUT2D eigenvalue weighted by Gasteiger charge is -2.01. The van der Waals surface area contributed by atoms with Crippen molar-refractivity contribution >= 4 is 22.6 Å². The van der Waals surface area contributed by atoms with E-state index >= 15 is 0 Å². The molecule has 0 aromatic heterocycles. The molecule has 0 nitrogen and oxygen atoms in total. The van der Waals surface area contributed by atoms with Gasteiger partial charge < -0.3 is 0 Å². The first kappa shape index (κ1) is 14.2. The Labute approximate surface area is 103 Å². The number of rotatable bonds is 9. The van der Waals surface area contributed by atoms with Gasteiger partial charge in [0.15, 0.2) is 0 Å². The molecule has 0 aliphatic heterocycles. The highest BCUT2D eigenvalue weighted by Crippen LogP contribution is 2.12. The van der Waals surface area contributed by atoms with Crippen molar-refractivity contribution in [3.05, 3.63) is 22.3 Å². The zero-order valence-corrected chi connectivity index (χ0v) is 11.6. The second-order valence-electron chi connectivity index (χ2n) is 3.90. The van der Waals surface area contributed by atoms with Gasteiger partial charge in [-0.05, 0) is 36.7 Å². The van der Waals surface area contributed by atoms with Crippen LogP contribution in [-0.4, -0.2) is 0 Å². The fraction of sp³-hybridized carbons (Fsp3) is 0.692. The smallest absolute Gasteiger partial charge is 0.0245 e. The Morgan fingerprint density at radius 2 is 1.64 bits per heavy atom. The first-order valence-corrected chi connectivity index (χ1v) is 6.92. The Morgan fingerprint density at radius 1 is 1.07 bits per heavy atom. The molecule has 0 radical (unpaired) electrons. The normalized spacial score (nSPS) is 11.7. The fourth-order valence-corrected chi connectivity index (χ4v) is 1.77. The molecule has 0 aromatic carbocycles. The SMILES string of the molecule is C=CCCCCCCCC/C(C)=C/I. The highest BCUT2D eigenvalue weighted by atomic mass is 127. The summed E-state index contributed by atoms with van der Waals surface area (Å²) in [6.07, 6.45) is 12.8. The summed E-state index contributed by atoms with van der Waals surface area (Å²) < 4.78 is 2.20. The molecule has 0 aromatic rings. The first-order chi connectivity index (χ1) is 6.81. The molecule has 0 unspecified atom stereocenters. The summed E-state index contributed by atoms with van der Waals surface area (Å²) in [5.41, 5.74) is 1.53. The van der Waals surface area contributed by atoms with Crippen molar-refractivity contribution in [1.29, 1.82) is 0 Å². The van der Waals surface area contributed by atoms with Crippen LogP contribution in [0.3, 0.4) is 0 Å². The van der Waals surface area contributed by atoms with Crippen LogP contribution >= 0.6 is 22.6 Å². The van der Waals surface area contributed by atoms with Crippen LogP contribution in [0, 0.1) is 0 Å². The van der Waals surface area contributed by atoms with Crippen molar-refractivity contribution < 1.29 is 0 Å². The number of hydrogen-bond donors (Lipinski definition) is 0. The van der Waals surface area contributed by atoms with Crippen LogP contribution in [0.15, 0.2) is 22.3 Å². The van der Waals surface area contributed by atoms with E-state index in [4.69, 9.17) is 0 Å². The van der Waals surface area contributed by atoms with Gasteiger partial charge >= 0.3 is 0 Å². The van der Waals surface area contributed by atoms with Gasteiger partial charge in [0, 0.05) is 0 Å². The number of allylic oxidation sites excluding steroid dienone is 2. The van der Waals surface area contributed by atoms with E-state index in [9.17, 15) is 0 Å². The lowest BCUT2D eigenvalue weighted by atomic mass is 10.1. The maximum atomic E-state index is 3.73. The Balaban J connectivity index is 3.02. The van der Waals surface area contributed by atoms with Crippen LogP contribution in [0.5, 0.6) is 0 Å². The van der Waals surface area contributed by atoms with E-state index in [1.54, 1.807) is 0 Å². The average molecular weight is 306 g/mol. The minimum atomic E-state index is 1.19. The Kier molecular flexibility index (Phi) is 11.5. The summed E-state index contributed by atoms with van der Waals surface area (Å²) in [5, 5.41) is 0. The largest absolute Gasteiger partial charge is 0.103 e. The average Bonchev–Trinajstić information content (AvgIpc) is 2.21. The molecule has 0 saturated heterocycles. The third-order valence-corrected chi connectivity index (χ3v) is 3.48. The second kappa shape index (κ2) is 11.3. The summed E-state index contributed by atoms with van der Waals surface area (Å²) >= 11 is 2.33. The quantitative estimate of drug-likeness (QED) is 0.294. The molecule has 0 atom stereocenters. The van der Waals surface area contributed by atoms with Crippen LogP contribution in [0.25, 0.3) is 0 Å². The lowest BCUT2D eigenvalue weighted by Crippen LogP contribution is -1.81. The van der Waals surface area contributed by atoms with Gasteiger partial charge in [0.05, 0.1) is 0 Å². The van der Waals surface area contributed by atoms with Gasteiger partial charge in [0.25, 0.3) is 0 Å². The minimum Gasteiger partial charge on any atom is -0.103 e. The molecule has 0 fully saturated rings. The van der Waals surface area contributed by atoms with Gasteiger partial charge in [0.2, 0.25) is 0 Å². The van der Waals surface area contributed by atoms with E-state index < -0.39 is 0 Å². The fourth-order valence-electron chi connectivity index (χ4n) is 1.45. The van der Waals surface area contributed by atoms with E-state index in [0.717, 1.165) is 0 Å².